The summed E-state index contributed by atoms with van der Waals surface area (Å²) >= 11 is 1.30. The Labute approximate surface area is 146 Å². The molecular weight excluding hydrogens is 324 g/mol. The van der Waals surface area contributed by atoms with Crippen molar-refractivity contribution in [1.29, 1.82) is 0 Å². The highest BCUT2D eigenvalue weighted by molar-refractivity contribution is 7.99. The van der Waals surface area contributed by atoms with Crippen molar-refractivity contribution in [2.24, 2.45) is 0 Å². The van der Waals surface area contributed by atoms with E-state index in [4.69, 9.17) is 4.42 Å². The molecule has 0 bridgehead atoms. The molecule has 6 nitrogen and oxygen atoms in total. The van der Waals surface area contributed by atoms with Gasteiger partial charge in [0.25, 0.3) is 5.22 Å². The number of rotatable bonds is 6. The molecule has 1 saturated carbocycles. The average Bonchev–Trinajstić information content (AvgIpc) is 3.11. The Balaban J connectivity index is 1.56. The van der Waals surface area contributed by atoms with Crippen LogP contribution < -0.4 is 0 Å². The van der Waals surface area contributed by atoms with Crippen LogP contribution >= 0.6 is 11.8 Å². The maximum absolute atomic E-state index is 12.5. The monoisotopic (exact) mass is 346 g/mol. The molecule has 3 rings (SSSR count). The molecule has 0 spiro atoms. The highest BCUT2D eigenvalue weighted by Crippen LogP contribution is 2.25. The number of amides is 1. The van der Waals surface area contributed by atoms with Crippen LogP contribution in [0.1, 0.15) is 39.0 Å². The number of nitrogens with zero attached hydrogens (tertiary/aromatic N) is 4. The van der Waals surface area contributed by atoms with Gasteiger partial charge in [0.2, 0.25) is 11.8 Å². The van der Waals surface area contributed by atoms with E-state index in [1.54, 1.807) is 12.4 Å². The van der Waals surface area contributed by atoms with Crippen LogP contribution in [-0.2, 0) is 4.79 Å². The predicted octanol–water partition coefficient (Wildman–Crippen LogP) is 3.40. The van der Waals surface area contributed by atoms with Crippen LogP contribution in [0.3, 0.4) is 0 Å². The van der Waals surface area contributed by atoms with Crippen molar-refractivity contribution in [1.82, 2.24) is 20.1 Å². The van der Waals surface area contributed by atoms with Gasteiger partial charge in [0.05, 0.1) is 5.75 Å². The Morgan fingerprint density at radius 3 is 2.71 bits per heavy atom. The van der Waals surface area contributed by atoms with E-state index in [0.717, 1.165) is 24.9 Å². The smallest absolute Gasteiger partial charge is 0.277 e. The third-order valence-electron chi connectivity index (χ3n) is 4.33. The number of aromatic nitrogens is 3. The molecule has 7 heteroatoms. The van der Waals surface area contributed by atoms with Crippen LogP contribution in [0.5, 0.6) is 0 Å². The third-order valence-corrected chi connectivity index (χ3v) is 5.13. The minimum Gasteiger partial charge on any atom is -0.411 e. The van der Waals surface area contributed by atoms with Crippen LogP contribution in [-0.4, -0.2) is 44.3 Å². The van der Waals surface area contributed by atoms with Gasteiger partial charge in [-0.15, -0.1) is 10.2 Å². The Bertz CT molecular complexity index is 656. The molecule has 1 aliphatic rings. The highest BCUT2D eigenvalue weighted by atomic mass is 32.2. The van der Waals surface area contributed by atoms with Gasteiger partial charge in [0, 0.05) is 30.5 Å². The first-order valence-electron chi connectivity index (χ1n) is 8.44. The fourth-order valence-corrected chi connectivity index (χ4v) is 3.77. The molecule has 1 fully saturated rings. The van der Waals surface area contributed by atoms with Crippen molar-refractivity contribution < 1.29 is 9.21 Å². The zero-order valence-corrected chi connectivity index (χ0v) is 14.7. The largest absolute Gasteiger partial charge is 0.411 e. The second-order valence-electron chi connectivity index (χ2n) is 5.87. The Morgan fingerprint density at radius 1 is 1.25 bits per heavy atom. The summed E-state index contributed by atoms with van der Waals surface area (Å²) in [7, 11) is 0. The third kappa shape index (κ3) is 4.14. The summed E-state index contributed by atoms with van der Waals surface area (Å²) in [5.41, 5.74) is 0.827. The summed E-state index contributed by atoms with van der Waals surface area (Å²) in [6.07, 6.45) is 9.34. The molecule has 0 atom stereocenters. The zero-order chi connectivity index (χ0) is 16.8. The second-order valence-corrected chi connectivity index (χ2v) is 6.80. The Hall–Kier alpha value is -1.89. The second kappa shape index (κ2) is 8.28. The lowest BCUT2D eigenvalue weighted by Gasteiger charge is -2.33. The first-order valence-corrected chi connectivity index (χ1v) is 9.42. The molecule has 0 saturated heterocycles. The summed E-state index contributed by atoms with van der Waals surface area (Å²) in [5.74, 6) is 0.938. The van der Waals surface area contributed by atoms with E-state index >= 15 is 0 Å². The summed E-state index contributed by atoms with van der Waals surface area (Å²) < 4.78 is 5.62. The lowest BCUT2D eigenvalue weighted by atomic mass is 9.94. The molecule has 2 heterocycles. The molecule has 0 aromatic carbocycles. The maximum atomic E-state index is 12.5. The van der Waals surface area contributed by atoms with Crippen molar-refractivity contribution in [3.05, 3.63) is 24.5 Å². The zero-order valence-electron chi connectivity index (χ0n) is 13.9. The summed E-state index contributed by atoms with van der Waals surface area (Å²) in [4.78, 5) is 18.5. The normalized spacial score (nSPS) is 15.4. The average molecular weight is 346 g/mol. The molecular formula is C17H22N4O2S. The number of carbonyl (C=O) groups is 1. The molecule has 2 aromatic rings. The van der Waals surface area contributed by atoms with E-state index in [1.807, 2.05) is 24.0 Å². The number of thioether (sulfide) groups is 1. The molecule has 0 unspecified atom stereocenters. The number of pyridine rings is 1. The quantitative estimate of drug-likeness (QED) is 0.747. The van der Waals surface area contributed by atoms with Gasteiger partial charge in [0.15, 0.2) is 0 Å². The summed E-state index contributed by atoms with van der Waals surface area (Å²) in [5, 5.41) is 8.47. The van der Waals surface area contributed by atoms with Crippen LogP contribution in [0.15, 0.2) is 34.2 Å². The van der Waals surface area contributed by atoms with Crippen LogP contribution in [0.2, 0.25) is 0 Å². The van der Waals surface area contributed by atoms with Crippen LogP contribution in [0.25, 0.3) is 11.5 Å². The molecule has 24 heavy (non-hydrogen) atoms. The molecule has 128 valence electrons. The first-order chi connectivity index (χ1) is 11.8. The lowest BCUT2D eigenvalue weighted by Crippen LogP contribution is -2.42. The number of carbonyl (C=O) groups excluding carboxylic acids is 1. The molecule has 2 aromatic heterocycles. The molecule has 1 aliphatic carbocycles. The van der Waals surface area contributed by atoms with Crippen molar-refractivity contribution >= 4 is 17.7 Å². The van der Waals surface area contributed by atoms with E-state index in [-0.39, 0.29) is 5.91 Å². The minimum atomic E-state index is 0.151. The molecule has 0 N–H and O–H groups in total. The van der Waals surface area contributed by atoms with Gasteiger partial charge < -0.3 is 9.32 Å². The SMILES string of the molecule is CCN(C(=O)CSc1nnc(-c2ccncc2)o1)C1CCCCC1. The maximum Gasteiger partial charge on any atom is 0.277 e. The lowest BCUT2D eigenvalue weighted by molar-refractivity contribution is -0.131. The minimum absolute atomic E-state index is 0.151. The topological polar surface area (TPSA) is 72.1 Å². The van der Waals surface area contributed by atoms with Crippen LogP contribution in [0.4, 0.5) is 0 Å². The predicted molar refractivity (Wildman–Crippen MR) is 92.5 cm³/mol. The standard InChI is InChI=1S/C17H22N4O2S/c1-2-21(14-6-4-3-5-7-14)15(22)12-24-17-20-19-16(23-17)13-8-10-18-11-9-13/h8-11,14H,2-7,12H2,1H3. The summed E-state index contributed by atoms with van der Waals surface area (Å²) in [6, 6.07) is 4.02. The molecule has 0 radical (unpaired) electrons. The van der Waals surface area contributed by atoms with Crippen molar-refractivity contribution in [3.63, 3.8) is 0 Å². The Kier molecular flexibility index (Phi) is 5.85. The molecule has 1 amide bonds. The number of hydrogen-bond acceptors (Lipinski definition) is 6. The Morgan fingerprint density at radius 2 is 2.00 bits per heavy atom. The van der Waals surface area contributed by atoms with E-state index in [1.165, 1.54) is 31.0 Å². The van der Waals surface area contributed by atoms with Gasteiger partial charge in [-0.25, -0.2) is 0 Å². The molecule has 0 aliphatic heterocycles. The van der Waals surface area contributed by atoms with Gasteiger partial charge in [-0.05, 0) is 31.9 Å². The van der Waals surface area contributed by atoms with E-state index < -0.39 is 0 Å². The van der Waals surface area contributed by atoms with Gasteiger partial charge in [-0.3, -0.25) is 9.78 Å². The van der Waals surface area contributed by atoms with E-state index in [0.29, 0.717) is 22.9 Å². The van der Waals surface area contributed by atoms with Gasteiger partial charge in [-0.1, -0.05) is 31.0 Å². The van der Waals surface area contributed by atoms with Gasteiger partial charge in [-0.2, -0.15) is 0 Å². The van der Waals surface area contributed by atoms with Gasteiger partial charge >= 0.3 is 0 Å². The van der Waals surface area contributed by atoms with Crippen molar-refractivity contribution in [2.75, 3.05) is 12.3 Å². The van der Waals surface area contributed by atoms with E-state index in [9.17, 15) is 4.79 Å². The fraction of sp³-hybridized carbons (Fsp3) is 0.529. The van der Waals surface area contributed by atoms with Crippen molar-refractivity contribution in [3.8, 4) is 11.5 Å². The summed E-state index contributed by atoms with van der Waals surface area (Å²) in [6.45, 7) is 2.81. The highest BCUT2D eigenvalue weighted by Gasteiger charge is 2.24. The fourth-order valence-electron chi connectivity index (χ4n) is 3.12. The number of hydrogen-bond donors (Lipinski definition) is 0. The van der Waals surface area contributed by atoms with E-state index in [2.05, 4.69) is 15.2 Å². The first kappa shape index (κ1) is 17.0. The van der Waals surface area contributed by atoms with Crippen molar-refractivity contribution in [2.45, 2.75) is 50.3 Å². The van der Waals surface area contributed by atoms with Crippen LogP contribution in [0, 0.1) is 0 Å². The van der Waals surface area contributed by atoms with Gasteiger partial charge in [0.1, 0.15) is 0 Å².